The molecule has 0 aliphatic carbocycles. The summed E-state index contributed by atoms with van der Waals surface area (Å²) >= 11 is 0. The van der Waals surface area contributed by atoms with E-state index in [0.717, 1.165) is 4.90 Å². The lowest BCUT2D eigenvalue weighted by Gasteiger charge is -2.20. The fourth-order valence-corrected chi connectivity index (χ4v) is 1.28. The number of ether oxygens (including phenoxy) is 1. The molecular formula is C11H20N2O5. The number of hydrogen-bond donors (Lipinski definition) is 2. The van der Waals surface area contributed by atoms with E-state index in [9.17, 15) is 14.4 Å². The van der Waals surface area contributed by atoms with Crippen LogP contribution < -0.4 is 5.32 Å². The maximum Gasteiger partial charge on any atom is 0.326 e. The summed E-state index contributed by atoms with van der Waals surface area (Å²) in [5.41, 5.74) is 0. The van der Waals surface area contributed by atoms with Gasteiger partial charge < -0.3 is 20.1 Å². The summed E-state index contributed by atoms with van der Waals surface area (Å²) in [6.45, 7) is 3.52. The minimum atomic E-state index is -1.09. The molecule has 0 aliphatic rings. The van der Waals surface area contributed by atoms with Crippen molar-refractivity contribution in [3.8, 4) is 0 Å². The first kappa shape index (κ1) is 16.2. The summed E-state index contributed by atoms with van der Waals surface area (Å²) in [7, 11) is 1.40. The van der Waals surface area contributed by atoms with E-state index in [1.807, 2.05) is 6.92 Å². The van der Waals surface area contributed by atoms with Crippen LogP contribution in [0.5, 0.6) is 0 Å². The highest BCUT2D eigenvalue weighted by Gasteiger charge is 2.21. The average Bonchev–Trinajstić information content (AvgIpc) is 2.28. The standard InChI is InChI=1S/C11H20N2O5/c1-4-6-8(10(15)16)12-11(17)13(3)7-9(14)18-5-2/h8H,4-7H2,1-3H3,(H,12,17)(H,15,16)/t8-/m0/s1. The monoisotopic (exact) mass is 260 g/mol. The molecule has 0 aromatic carbocycles. The molecule has 0 bridgehead atoms. The zero-order chi connectivity index (χ0) is 14.1. The molecular weight excluding hydrogens is 240 g/mol. The van der Waals surface area contributed by atoms with Gasteiger partial charge in [-0.3, -0.25) is 4.79 Å². The van der Waals surface area contributed by atoms with E-state index in [2.05, 4.69) is 10.1 Å². The molecule has 0 unspecified atom stereocenters. The second-order valence-corrected chi connectivity index (χ2v) is 3.79. The van der Waals surface area contributed by atoms with Crippen molar-refractivity contribution in [2.24, 2.45) is 0 Å². The number of hydrogen-bond acceptors (Lipinski definition) is 4. The Morgan fingerprint density at radius 2 is 1.94 bits per heavy atom. The van der Waals surface area contributed by atoms with E-state index >= 15 is 0 Å². The van der Waals surface area contributed by atoms with Gasteiger partial charge in [0.25, 0.3) is 0 Å². The predicted molar refractivity (Wildman–Crippen MR) is 64.1 cm³/mol. The molecule has 0 heterocycles. The van der Waals surface area contributed by atoms with Crippen LogP contribution in [0.2, 0.25) is 0 Å². The van der Waals surface area contributed by atoms with Crippen molar-refractivity contribution in [3.63, 3.8) is 0 Å². The number of carboxylic acid groups (broad SMARTS) is 1. The Balaban J connectivity index is 4.28. The number of aliphatic carboxylic acids is 1. The average molecular weight is 260 g/mol. The number of amides is 2. The van der Waals surface area contributed by atoms with E-state index in [1.165, 1.54) is 7.05 Å². The first-order valence-corrected chi connectivity index (χ1v) is 5.82. The third-order valence-corrected chi connectivity index (χ3v) is 2.19. The van der Waals surface area contributed by atoms with Gasteiger partial charge in [0.15, 0.2) is 0 Å². The number of nitrogens with zero attached hydrogens (tertiary/aromatic N) is 1. The number of nitrogens with one attached hydrogen (secondary N) is 1. The summed E-state index contributed by atoms with van der Waals surface area (Å²) in [6.07, 6.45) is 0.979. The van der Waals surface area contributed by atoms with Crippen LogP contribution in [0.3, 0.4) is 0 Å². The summed E-state index contributed by atoms with van der Waals surface area (Å²) in [5, 5.41) is 11.2. The van der Waals surface area contributed by atoms with Crippen LogP contribution in [0.4, 0.5) is 4.79 Å². The van der Waals surface area contributed by atoms with Gasteiger partial charge in [0.05, 0.1) is 6.61 Å². The number of likely N-dealkylation sites (N-methyl/N-ethyl adjacent to an activating group) is 1. The number of esters is 1. The number of carbonyl (C=O) groups excluding carboxylic acids is 2. The van der Waals surface area contributed by atoms with E-state index in [1.54, 1.807) is 6.92 Å². The zero-order valence-electron chi connectivity index (χ0n) is 10.9. The van der Waals surface area contributed by atoms with Crippen molar-refractivity contribution < 1.29 is 24.2 Å². The molecule has 1 atom stereocenters. The smallest absolute Gasteiger partial charge is 0.326 e. The molecule has 0 fully saturated rings. The fourth-order valence-electron chi connectivity index (χ4n) is 1.28. The second-order valence-electron chi connectivity index (χ2n) is 3.79. The molecule has 2 amide bonds. The number of carbonyl (C=O) groups is 3. The van der Waals surface area contributed by atoms with Gasteiger partial charge in [-0.1, -0.05) is 13.3 Å². The van der Waals surface area contributed by atoms with E-state index in [4.69, 9.17) is 5.11 Å². The highest BCUT2D eigenvalue weighted by molar-refractivity contribution is 5.84. The van der Waals surface area contributed by atoms with Crippen LogP contribution in [0.1, 0.15) is 26.7 Å². The molecule has 7 nitrogen and oxygen atoms in total. The molecule has 0 rings (SSSR count). The van der Waals surface area contributed by atoms with Gasteiger partial charge in [0, 0.05) is 7.05 Å². The van der Waals surface area contributed by atoms with Gasteiger partial charge in [-0.25, -0.2) is 9.59 Å². The highest BCUT2D eigenvalue weighted by Crippen LogP contribution is 1.98. The minimum absolute atomic E-state index is 0.210. The molecule has 0 radical (unpaired) electrons. The van der Waals surface area contributed by atoms with Gasteiger partial charge >= 0.3 is 18.0 Å². The van der Waals surface area contributed by atoms with E-state index in [0.29, 0.717) is 12.8 Å². The van der Waals surface area contributed by atoms with Crippen LogP contribution in [0.15, 0.2) is 0 Å². The van der Waals surface area contributed by atoms with E-state index < -0.39 is 24.0 Å². The van der Waals surface area contributed by atoms with Crippen LogP contribution in [-0.2, 0) is 14.3 Å². The molecule has 0 aromatic rings. The Kier molecular flexibility index (Phi) is 7.50. The molecule has 0 spiro atoms. The third-order valence-electron chi connectivity index (χ3n) is 2.19. The van der Waals surface area contributed by atoms with Gasteiger partial charge in [-0.05, 0) is 13.3 Å². The van der Waals surface area contributed by atoms with Crippen molar-refractivity contribution in [2.75, 3.05) is 20.2 Å². The lowest BCUT2D eigenvalue weighted by atomic mass is 10.2. The number of rotatable bonds is 7. The summed E-state index contributed by atoms with van der Waals surface area (Å²) in [4.78, 5) is 34.7. The summed E-state index contributed by atoms with van der Waals surface area (Å²) < 4.78 is 4.69. The Bertz CT molecular complexity index is 306. The Morgan fingerprint density at radius 3 is 2.39 bits per heavy atom. The van der Waals surface area contributed by atoms with Gasteiger partial charge in [0.1, 0.15) is 12.6 Å². The minimum Gasteiger partial charge on any atom is -0.480 e. The predicted octanol–water partition coefficient (Wildman–Crippen LogP) is 0.444. The second kappa shape index (κ2) is 8.32. The Morgan fingerprint density at radius 1 is 1.33 bits per heavy atom. The van der Waals surface area contributed by atoms with Crippen LogP contribution in [0, 0.1) is 0 Å². The topological polar surface area (TPSA) is 95.9 Å². The lowest BCUT2D eigenvalue weighted by Crippen LogP contribution is -2.48. The normalized spacial score (nSPS) is 11.5. The van der Waals surface area contributed by atoms with Crippen LogP contribution in [0.25, 0.3) is 0 Å². The third kappa shape index (κ3) is 6.07. The maximum absolute atomic E-state index is 11.6. The SMILES string of the molecule is CCC[C@H](NC(=O)N(C)CC(=O)OCC)C(=O)O. The van der Waals surface area contributed by atoms with Crippen molar-refractivity contribution in [3.05, 3.63) is 0 Å². The van der Waals surface area contributed by atoms with Gasteiger partial charge in [-0.15, -0.1) is 0 Å². The first-order valence-electron chi connectivity index (χ1n) is 5.82. The maximum atomic E-state index is 11.6. The zero-order valence-corrected chi connectivity index (χ0v) is 10.9. The van der Waals surface area contributed by atoms with E-state index in [-0.39, 0.29) is 13.2 Å². The Labute approximate surface area is 106 Å². The summed E-state index contributed by atoms with van der Waals surface area (Å²) in [5.74, 6) is -1.62. The van der Waals surface area contributed by atoms with Gasteiger partial charge in [-0.2, -0.15) is 0 Å². The molecule has 2 N–H and O–H groups in total. The molecule has 104 valence electrons. The molecule has 18 heavy (non-hydrogen) atoms. The van der Waals surface area contributed by atoms with Crippen molar-refractivity contribution in [2.45, 2.75) is 32.7 Å². The molecule has 7 heteroatoms. The first-order chi connectivity index (χ1) is 8.42. The number of carboxylic acids is 1. The van der Waals surface area contributed by atoms with Crippen molar-refractivity contribution >= 4 is 18.0 Å². The van der Waals surface area contributed by atoms with Crippen molar-refractivity contribution in [1.82, 2.24) is 10.2 Å². The quantitative estimate of drug-likeness (QED) is 0.648. The van der Waals surface area contributed by atoms with Crippen LogP contribution in [-0.4, -0.2) is 54.2 Å². The lowest BCUT2D eigenvalue weighted by molar-refractivity contribution is -0.143. The number of urea groups is 1. The summed E-state index contributed by atoms with van der Waals surface area (Å²) in [6, 6.07) is -1.55. The van der Waals surface area contributed by atoms with Gasteiger partial charge in [0.2, 0.25) is 0 Å². The van der Waals surface area contributed by atoms with Crippen LogP contribution >= 0.6 is 0 Å². The molecule has 0 saturated carbocycles. The fraction of sp³-hybridized carbons (Fsp3) is 0.727. The largest absolute Gasteiger partial charge is 0.480 e. The van der Waals surface area contributed by atoms with Crippen molar-refractivity contribution in [1.29, 1.82) is 0 Å². The molecule has 0 saturated heterocycles. The molecule has 0 aromatic heterocycles. The highest BCUT2D eigenvalue weighted by atomic mass is 16.5. The molecule has 0 aliphatic heterocycles. The Hall–Kier alpha value is -1.79.